The van der Waals surface area contributed by atoms with Gasteiger partial charge in [0.25, 0.3) is 0 Å². The highest BCUT2D eigenvalue weighted by atomic mass is 16.5. The topological polar surface area (TPSA) is 59.2 Å². The quantitative estimate of drug-likeness (QED) is 0.752. The molecule has 110 valence electrons. The normalized spacial score (nSPS) is 10.6. The van der Waals surface area contributed by atoms with E-state index in [0.717, 1.165) is 10.9 Å². The maximum atomic E-state index is 12.1. The number of ether oxygens (including phenoxy) is 1. The second kappa shape index (κ2) is 5.85. The molecule has 0 atom stereocenters. The largest absolute Gasteiger partial charge is 0.483 e. The summed E-state index contributed by atoms with van der Waals surface area (Å²) < 4.78 is 5.60. The Morgan fingerprint density at radius 1 is 1.05 bits per heavy atom. The van der Waals surface area contributed by atoms with Crippen molar-refractivity contribution in [2.45, 2.75) is 6.92 Å². The van der Waals surface area contributed by atoms with Crippen molar-refractivity contribution in [3.63, 3.8) is 0 Å². The lowest BCUT2D eigenvalue weighted by Gasteiger charge is -2.08. The lowest BCUT2D eigenvalue weighted by atomic mass is 10.1. The Morgan fingerprint density at radius 2 is 1.82 bits per heavy atom. The smallest absolute Gasteiger partial charge is 0.248 e. The minimum Gasteiger partial charge on any atom is -0.483 e. The van der Waals surface area contributed by atoms with Crippen LogP contribution in [0.3, 0.4) is 0 Å². The number of aromatic amines is 1. The van der Waals surface area contributed by atoms with Crippen LogP contribution in [0.1, 0.15) is 15.9 Å². The fourth-order valence-corrected chi connectivity index (χ4v) is 2.24. The SMILES string of the molecule is Cc1ccc(C(=O)COc2cccc3ccc(=O)[nH]c23)cc1. The van der Waals surface area contributed by atoms with Crippen molar-refractivity contribution in [3.8, 4) is 5.75 Å². The molecule has 4 nitrogen and oxygen atoms in total. The van der Waals surface area contributed by atoms with Gasteiger partial charge in [-0.15, -0.1) is 0 Å². The molecular formula is C18H15NO3. The summed E-state index contributed by atoms with van der Waals surface area (Å²) in [5, 5.41) is 0.861. The van der Waals surface area contributed by atoms with Gasteiger partial charge in [-0.2, -0.15) is 0 Å². The fraction of sp³-hybridized carbons (Fsp3) is 0.111. The monoisotopic (exact) mass is 293 g/mol. The van der Waals surface area contributed by atoms with Gasteiger partial charge in [-0.05, 0) is 19.1 Å². The van der Waals surface area contributed by atoms with Crippen LogP contribution in [0, 0.1) is 6.92 Å². The van der Waals surface area contributed by atoms with Gasteiger partial charge in [0.2, 0.25) is 5.56 Å². The Kier molecular flexibility index (Phi) is 3.74. The van der Waals surface area contributed by atoms with Gasteiger partial charge in [0.1, 0.15) is 5.75 Å². The second-order valence-corrected chi connectivity index (χ2v) is 5.12. The Labute approximate surface area is 127 Å². The lowest BCUT2D eigenvalue weighted by molar-refractivity contribution is 0.0922. The van der Waals surface area contributed by atoms with E-state index in [9.17, 15) is 9.59 Å². The fourth-order valence-electron chi connectivity index (χ4n) is 2.24. The van der Waals surface area contributed by atoms with E-state index < -0.39 is 0 Å². The number of aromatic nitrogens is 1. The summed E-state index contributed by atoms with van der Waals surface area (Å²) in [7, 11) is 0. The number of Topliss-reactive ketones (excluding diaryl/α,β-unsaturated/α-hetero) is 1. The zero-order valence-corrected chi connectivity index (χ0v) is 12.1. The lowest BCUT2D eigenvalue weighted by Crippen LogP contribution is -2.12. The molecule has 0 bridgehead atoms. The van der Waals surface area contributed by atoms with Crippen molar-refractivity contribution in [2.75, 3.05) is 6.61 Å². The van der Waals surface area contributed by atoms with Crippen molar-refractivity contribution in [2.24, 2.45) is 0 Å². The van der Waals surface area contributed by atoms with E-state index in [4.69, 9.17) is 4.74 Å². The summed E-state index contributed by atoms with van der Waals surface area (Å²) in [4.78, 5) is 26.3. The highest BCUT2D eigenvalue weighted by Gasteiger charge is 2.09. The Balaban J connectivity index is 1.82. The molecule has 0 radical (unpaired) electrons. The number of rotatable bonds is 4. The van der Waals surface area contributed by atoms with Crippen LogP contribution < -0.4 is 10.3 Å². The molecule has 3 aromatic rings. The Morgan fingerprint density at radius 3 is 2.59 bits per heavy atom. The molecule has 0 saturated carbocycles. The molecule has 0 unspecified atom stereocenters. The molecule has 4 heteroatoms. The number of para-hydroxylation sites is 1. The Hall–Kier alpha value is -2.88. The van der Waals surface area contributed by atoms with Crippen molar-refractivity contribution in [1.82, 2.24) is 4.98 Å². The third kappa shape index (κ3) is 2.91. The summed E-state index contributed by atoms with van der Waals surface area (Å²) in [5.74, 6) is 0.394. The first-order valence-electron chi connectivity index (χ1n) is 6.98. The van der Waals surface area contributed by atoms with Gasteiger partial charge in [0.15, 0.2) is 12.4 Å². The van der Waals surface area contributed by atoms with Gasteiger partial charge in [-0.25, -0.2) is 0 Å². The van der Waals surface area contributed by atoms with Crippen LogP contribution in [0.2, 0.25) is 0 Å². The van der Waals surface area contributed by atoms with Crippen molar-refractivity contribution < 1.29 is 9.53 Å². The van der Waals surface area contributed by atoms with Crippen LogP contribution in [0.5, 0.6) is 5.75 Å². The average Bonchev–Trinajstić information content (AvgIpc) is 2.53. The molecule has 0 saturated heterocycles. The number of benzene rings is 2. The van der Waals surface area contributed by atoms with Crippen LogP contribution in [0.25, 0.3) is 10.9 Å². The number of ketones is 1. The molecule has 1 N–H and O–H groups in total. The number of pyridine rings is 1. The van der Waals surface area contributed by atoms with Crippen LogP contribution >= 0.6 is 0 Å². The first kappa shape index (κ1) is 14.1. The second-order valence-electron chi connectivity index (χ2n) is 5.12. The molecule has 0 aliphatic heterocycles. The molecule has 1 aromatic heterocycles. The third-order valence-electron chi connectivity index (χ3n) is 3.45. The minimum absolute atomic E-state index is 0.0703. The van der Waals surface area contributed by atoms with Crippen LogP contribution in [-0.2, 0) is 0 Å². The highest BCUT2D eigenvalue weighted by Crippen LogP contribution is 2.22. The van der Waals surface area contributed by atoms with E-state index in [-0.39, 0.29) is 17.9 Å². The molecule has 22 heavy (non-hydrogen) atoms. The molecular weight excluding hydrogens is 278 g/mol. The number of carbonyl (C=O) groups is 1. The van der Waals surface area contributed by atoms with Gasteiger partial charge in [-0.1, -0.05) is 42.0 Å². The summed E-state index contributed by atoms with van der Waals surface area (Å²) >= 11 is 0. The van der Waals surface area contributed by atoms with Crippen molar-refractivity contribution >= 4 is 16.7 Å². The predicted octanol–water partition coefficient (Wildman–Crippen LogP) is 3.10. The number of hydrogen-bond donors (Lipinski definition) is 1. The van der Waals surface area contributed by atoms with Gasteiger partial charge >= 0.3 is 0 Å². The number of nitrogens with one attached hydrogen (secondary N) is 1. The summed E-state index contributed by atoms with van der Waals surface area (Å²) in [5.41, 5.74) is 2.11. The van der Waals surface area contributed by atoms with Gasteiger partial charge in [0.05, 0.1) is 5.52 Å². The predicted molar refractivity (Wildman–Crippen MR) is 85.6 cm³/mol. The molecule has 0 fully saturated rings. The summed E-state index contributed by atoms with van der Waals surface area (Å²) in [6.07, 6.45) is 0. The average molecular weight is 293 g/mol. The number of fused-ring (bicyclic) bond motifs is 1. The zero-order valence-electron chi connectivity index (χ0n) is 12.1. The molecule has 2 aromatic carbocycles. The first-order valence-corrected chi connectivity index (χ1v) is 6.98. The molecule has 0 aliphatic rings. The van der Waals surface area contributed by atoms with Crippen LogP contribution in [0.15, 0.2) is 59.4 Å². The van der Waals surface area contributed by atoms with Crippen LogP contribution in [-0.4, -0.2) is 17.4 Å². The van der Waals surface area contributed by atoms with E-state index in [1.165, 1.54) is 6.07 Å². The Bertz CT molecular complexity index is 879. The van der Waals surface area contributed by atoms with E-state index in [1.54, 1.807) is 24.3 Å². The van der Waals surface area contributed by atoms with Crippen molar-refractivity contribution in [1.29, 1.82) is 0 Å². The van der Waals surface area contributed by atoms with Crippen LogP contribution in [0.4, 0.5) is 0 Å². The van der Waals surface area contributed by atoms with E-state index >= 15 is 0 Å². The number of aryl methyl sites for hydroxylation is 1. The number of hydrogen-bond acceptors (Lipinski definition) is 3. The molecule has 0 amide bonds. The summed E-state index contributed by atoms with van der Waals surface area (Å²) in [6.45, 7) is 1.90. The van der Waals surface area contributed by atoms with Gasteiger partial charge in [0, 0.05) is 17.0 Å². The van der Waals surface area contributed by atoms with Gasteiger partial charge in [-0.3, -0.25) is 9.59 Å². The van der Waals surface area contributed by atoms with Crippen molar-refractivity contribution in [3.05, 3.63) is 76.1 Å². The van der Waals surface area contributed by atoms with E-state index in [1.807, 2.05) is 31.2 Å². The molecule has 0 spiro atoms. The maximum absolute atomic E-state index is 12.1. The zero-order chi connectivity index (χ0) is 15.5. The van der Waals surface area contributed by atoms with E-state index in [2.05, 4.69) is 4.98 Å². The number of H-pyrrole nitrogens is 1. The minimum atomic E-state index is -0.201. The molecule has 3 rings (SSSR count). The maximum Gasteiger partial charge on any atom is 0.248 e. The highest BCUT2D eigenvalue weighted by molar-refractivity contribution is 5.97. The molecule has 0 aliphatic carbocycles. The van der Waals surface area contributed by atoms with Gasteiger partial charge < -0.3 is 9.72 Å². The third-order valence-corrected chi connectivity index (χ3v) is 3.45. The molecule has 1 heterocycles. The summed E-state index contributed by atoms with van der Waals surface area (Å²) in [6, 6.07) is 16.0. The van der Waals surface area contributed by atoms with E-state index in [0.29, 0.717) is 16.8 Å². The number of carbonyl (C=O) groups excluding carboxylic acids is 1. The first-order chi connectivity index (χ1) is 10.6. The standard InChI is InChI=1S/C18H15NO3/c1-12-5-7-13(8-6-12)15(20)11-22-16-4-2-3-14-9-10-17(21)19-18(14)16/h2-10H,11H2,1H3,(H,19,21).